The lowest BCUT2D eigenvalue weighted by molar-refractivity contribution is -0.545. The van der Waals surface area contributed by atoms with E-state index < -0.39 is 62.1 Å². The van der Waals surface area contributed by atoms with Gasteiger partial charge in [0.25, 0.3) is 11.6 Å². The van der Waals surface area contributed by atoms with Gasteiger partial charge in [0.15, 0.2) is 0 Å². The number of carbonyl (C=O) groups is 3. The summed E-state index contributed by atoms with van der Waals surface area (Å²) in [5.74, 6) is -1.99. The lowest BCUT2D eigenvalue weighted by Gasteiger charge is -2.21. The highest BCUT2D eigenvalue weighted by molar-refractivity contribution is 6.31. The predicted octanol–water partition coefficient (Wildman–Crippen LogP) is 5.09. The number of anilines is 2. The van der Waals surface area contributed by atoms with Crippen molar-refractivity contribution in [2.24, 2.45) is 0 Å². The maximum absolute atomic E-state index is 13.1. The van der Waals surface area contributed by atoms with Gasteiger partial charge in [-0.3, -0.25) is 45.7 Å². The minimum atomic E-state index is -4.71. The van der Waals surface area contributed by atoms with Gasteiger partial charge in [-0.05, 0) is 48.5 Å². The molecule has 1 aromatic heterocycles. The van der Waals surface area contributed by atoms with Crippen molar-refractivity contribution >= 4 is 40.8 Å². The normalized spacial score (nSPS) is 15.6. The molecule has 0 radical (unpaired) electrons. The van der Waals surface area contributed by atoms with Gasteiger partial charge in [0.2, 0.25) is 0 Å². The van der Waals surface area contributed by atoms with Crippen LogP contribution in [-0.4, -0.2) is 38.2 Å². The van der Waals surface area contributed by atoms with Crippen LogP contribution in [0, 0.1) is 20.2 Å². The Balaban J connectivity index is 1.34. The van der Waals surface area contributed by atoms with Crippen molar-refractivity contribution in [2.45, 2.75) is 18.1 Å². The molecule has 0 aliphatic heterocycles. The van der Waals surface area contributed by atoms with Gasteiger partial charge < -0.3 is 15.4 Å². The fourth-order valence-corrected chi connectivity index (χ4v) is 4.17. The fraction of sp³-hybridized carbons (Fsp3) is 0.111. The van der Waals surface area contributed by atoms with Crippen molar-refractivity contribution < 1.29 is 42.1 Å². The first-order valence-electron chi connectivity index (χ1n) is 12.6. The largest absolute Gasteiger partial charge is 0.457 e. The summed E-state index contributed by atoms with van der Waals surface area (Å²) in [6.07, 6.45) is -1.47. The molecule has 15 nitrogen and oxygen atoms in total. The summed E-state index contributed by atoms with van der Waals surface area (Å²) in [5, 5.41) is 26.9. The van der Waals surface area contributed by atoms with E-state index in [4.69, 9.17) is 16.3 Å². The Bertz CT molecular complexity index is 1780. The zero-order chi connectivity index (χ0) is 33.6. The molecule has 1 unspecified atom stereocenters. The maximum atomic E-state index is 13.1. The van der Waals surface area contributed by atoms with Crippen molar-refractivity contribution in [1.29, 1.82) is 0 Å². The van der Waals surface area contributed by atoms with E-state index in [9.17, 15) is 47.8 Å². The quantitative estimate of drug-likeness (QED) is 0.187. The van der Waals surface area contributed by atoms with E-state index in [1.165, 1.54) is 48.7 Å². The van der Waals surface area contributed by atoms with Crippen LogP contribution in [-0.2, 0) is 11.0 Å². The first-order chi connectivity index (χ1) is 21.7. The Morgan fingerprint density at radius 3 is 2.26 bits per heavy atom. The van der Waals surface area contributed by atoms with Gasteiger partial charge in [-0.25, -0.2) is 4.79 Å². The van der Waals surface area contributed by atoms with E-state index in [-0.39, 0.29) is 28.6 Å². The number of nitrogens with one attached hydrogen (secondary N) is 4. The number of hydrazine groups is 1. The van der Waals surface area contributed by atoms with Crippen molar-refractivity contribution in [2.75, 3.05) is 10.6 Å². The zero-order valence-electron chi connectivity index (χ0n) is 22.8. The van der Waals surface area contributed by atoms with Crippen LogP contribution >= 0.6 is 11.6 Å². The molecule has 0 fully saturated rings. The summed E-state index contributed by atoms with van der Waals surface area (Å²) >= 11 is 5.58. The third kappa shape index (κ3) is 7.72. The molecule has 3 aromatic rings. The third-order valence-corrected chi connectivity index (χ3v) is 6.53. The highest BCUT2D eigenvalue weighted by Crippen LogP contribution is 2.36. The molecule has 1 atom stereocenters. The molecule has 0 saturated carbocycles. The number of aromatic nitrogens is 1. The lowest BCUT2D eigenvalue weighted by atomic mass is 9.89. The van der Waals surface area contributed by atoms with Gasteiger partial charge >= 0.3 is 23.7 Å². The molecule has 19 heteroatoms. The monoisotopic (exact) mass is 661 g/mol. The summed E-state index contributed by atoms with van der Waals surface area (Å²) < 4.78 is 44.8. The smallest absolute Gasteiger partial charge is 0.417 e. The van der Waals surface area contributed by atoms with Crippen molar-refractivity contribution in [1.82, 2.24) is 15.8 Å². The van der Waals surface area contributed by atoms with E-state index in [0.717, 1.165) is 24.3 Å². The summed E-state index contributed by atoms with van der Waals surface area (Å²) in [7, 11) is 0. The van der Waals surface area contributed by atoms with Gasteiger partial charge in [0.1, 0.15) is 23.6 Å². The number of rotatable bonds is 8. The van der Waals surface area contributed by atoms with Gasteiger partial charge in [-0.15, -0.1) is 0 Å². The van der Waals surface area contributed by atoms with E-state index in [2.05, 4.69) is 15.6 Å². The molecule has 0 spiro atoms. The first-order valence-corrected chi connectivity index (χ1v) is 13.0. The Labute approximate surface area is 260 Å². The standard InChI is InChI=1S/C27H19ClF3N7O8/c28-21-8-5-16(12-20(21)27(29,30)31)34-25(41)33-15-3-6-18(7-4-15)46-19-9-11-32-22(13-19)23(39)35-36-24(40)26(38(44)45)10-1-2-17(14-26)37(42)43/h1-13H,14H2,(H,35,39)(H,36,40)(H2,33,34,41). The van der Waals surface area contributed by atoms with Gasteiger partial charge in [0, 0.05) is 40.7 Å². The Kier molecular flexibility index (Phi) is 9.51. The van der Waals surface area contributed by atoms with Crippen LogP contribution in [0.4, 0.5) is 29.3 Å². The third-order valence-electron chi connectivity index (χ3n) is 6.20. The minimum absolute atomic E-state index is 0.103. The van der Waals surface area contributed by atoms with Crippen molar-refractivity contribution in [3.8, 4) is 11.5 Å². The molecular formula is C27H19ClF3N7O8. The second-order valence-corrected chi connectivity index (χ2v) is 9.72. The number of allylic oxidation sites excluding steroid dienone is 2. The number of carbonyl (C=O) groups excluding carboxylic acids is 3. The number of benzene rings is 2. The van der Waals surface area contributed by atoms with Gasteiger partial charge in [-0.2, -0.15) is 13.2 Å². The van der Waals surface area contributed by atoms with E-state index >= 15 is 0 Å². The first kappa shape index (κ1) is 32.9. The number of pyridine rings is 1. The highest BCUT2D eigenvalue weighted by Gasteiger charge is 2.53. The molecule has 0 bridgehead atoms. The minimum Gasteiger partial charge on any atom is -0.457 e. The number of hydrogen-bond acceptors (Lipinski definition) is 9. The highest BCUT2D eigenvalue weighted by atomic mass is 35.5. The SMILES string of the molecule is O=C(Nc1ccc(Oc2ccnc(C(=O)NNC(=O)C3([N+](=O)[O-])C=CC=C([N+](=O)[O-])C3)c2)cc1)Nc1ccc(Cl)c(C(F)(F)F)c1. The molecule has 4 N–H and O–H groups in total. The van der Waals surface area contributed by atoms with Gasteiger partial charge in [-0.1, -0.05) is 17.7 Å². The Hall–Kier alpha value is -6.04. The molecular weight excluding hydrogens is 643 g/mol. The van der Waals surface area contributed by atoms with Crippen LogP contribution in [0.5, 0.6) is 11.5 Å². The van der Waals surface area contributed by atoms with Crippen molar-refractivity contribution in [3.05, 3.63) is 121 Å². The van der Waals surface area contributed by atoms with E-state index in [1.807, 2.05) is 10.9 Å². The van der Waals surface area contributed by atoms with Crippen LogP contribution in [0.3, 0.4) is 0 Å². The number of hydrogen-bond donors (Lipinski definition) is 4. The number of halogens is 4. The zero-order valence-corrected chi connectivity index (χ0v) is 23.6. The maximum Gasteiger partial charge on any atom is 0.417 e. The molecule has 4 amide bonds. The predicted molar refractivity (Wildman–Crippen MR) is 154 cm³/mol. The fourth-order valence-electron chi connectivity index (χ4n) is 3.94. The topological polar surface area (TPSA) is 208 Å². The Morgan fingerprint density at radius 2 is 1.61 bits per heavy atom. The second kappa shape index (κ2) is 13.3. The molecule has 238 valence electrons. The summed E-state index contributed by atoms with van der Waals surface area (Å²) in [6, 6.07) is 10.3. The van der Waals surface area contributed by atoms with Crippen LogP contribution in [0.15, 0.2) is 84.7 Å². The number of urea groups is 1. The summed E-state index contributed by atoms with van der Waals surface area (Å²) in [5.41, 5.74) is -0.509. The molecule has 1 heterocycles. The number of nitro groups is 2. The van der Waals surface area contributed by atoms with Crippen LogP contribution in [0.2, 0.25) is 5.02 Å². The number of amides is 4. The van der Waals surface area contributed by atoms with E-state index in [0.29, 0.717) is 6.07 Å². The molecule has 4 rings (SSSR count). The number of alkyl halides is 3. The molecule has 0 saturated heterocycles. The molecule has 1 aliphatic carbocycles. The molecule has 46 heavy (non-hydrogen) atoms. The summed E-state index contributed by atoms with van der Waals surface area (Å²) in [4.78, 5) is 62.2. The average Bonchev–Trinajstić information content (AvgIpc) is 3.01. The lowest BCUT2D eigenvalue weighted by Crippen LogP contribution is -2.57. The second-order valence-electron chi connectivity index (χ2n) is 9.32. The number of ether oxygens (including phenoxy) is 1. The Morgan fingerprint density at radius 1 is 0.935 bits per heavy atom. The van der Waals surface area contributed by atoms with Crippen LogP contribution in [0.1, 0.15) is 22.5 Å². The number of nitrogens with zero attached hydrogens (tertiary/aromatic N) is 3. The average molecular weight is 662 g/mol. The molecule has 1 aliphatic rings. The molecule has 2 aromatic carbocycles. The van der Waals surface area contributed by atoms with Crippen LogP contribution < -0.4 is 26.2 Å². The summed E-state index contributed by atoms with van der Waals surface area (Å²) in [6.45, 7) is 0. The van der Waals surface area contributed by atoms with E-state index in [1.54, 1.807) is 0 Å². The van der Waals surface area contributed by atoms with Crippen LogP contribution in [0.25, 0.3) is 0 Å². The van der Waals surface area contributed by atoms with Crippen molar-refractivity contribution in [3.63, 3.8) is 0 Å². The van der Waals surface area contributed by atoms with Gasteiger partial charge in [0.05, 0.1) is 15.5 Å².